The van der Waals surface area contributed by atoms with Gasteiger partial charge in [0.05, 0.1) is 34.8 Å². The smallest absolute Gasteiger partial charge is 0.252 e. The van der Waals surface area contributed by atoms with Gasteiger partial charge in [-0.1, -0.05) is 11.6 Å². The topological polar surface area (TPSA) is 81.2 Å². The molecule has 1 aromatic heterocycles. The minimum absolute atomic E-state index is 0.0305. The lowest BCUT2D eigenvalue weighted by Gasteiger charge is -2.31. The number of carbonyl (C=O) groups excluding carboxylic acids is 2. The molecule has 2 aromatic rings. The fourth-order valence-corrected chi connectivity index (χ4v) is 3.50. The summed E-state index contributed by atoms with van der Waals surface area (Å²) < 4.78 is 54.4. The van der Waals surface area contributed by atoms with E-state index in [1.54, 1.807) is 0 Å². The third-order valence-corrected chi connectivity index (χ3v) is 5.44. The zero-order valence-corrected chi connectivity index (χ0v) is 16.6. The summed E-state index contributed by atoms with van der Waals surface area (Å²) in [6.45, 7) is -3.68. The van der Waals surface area contributed by atoms with Crippen molar-refractivity contribution in [2.24, 2.45) is 11.1 Å². The van der Waals surface area contributed by atoms with E-state index in [-0.39, 0.29) is 35.9 Å². The number of primary amides is 1. The van der Waals surface area contributed by atoms with Crippen LogP contribution in [-0.4, -0.2) is 53.1 Å². The van der Waals surface area contributed by atoms with Crippen molar-refractivity contribution in [2.75, 3.05) is 26.6 Å². The van der Waals surface area contributed by atoms with Crippen LogP contribution in [0.3, 0.4) is 0 Å². The van der Waals surface area contributed by atoms with Crippen LogP contribution in [0.4, 0.5) is 17.6 Å². The molecule has 0 atom stereocenters. The quantitative estimate of drug-likeness (QED) is 0.664. The van der Waals surface area contributed by atoms with Crippen molar-refractivity contribution in [3.8, 4) is 11.3 Å². The van der Waals surface area contributed by atoms with Gasteiger partial charge in [-0.3, -0.25) is 27.4 Å². The Morgan fingerprint density at radius 3 is 2.40 bits per heavy atom. The monoisotopic (exact) mass is 446 g/mol. The van der Waals surface area contributed by atoms with E-state index in [1.807, 2.05) is 0 Å². The summed E-state index contributed by atoms with van der Waals surface area (Å²) in [4.78, 5) is 26.0. The Balaban J connectivity index is 1.93. The van der Waals surface area contributed by atoms with E-state index in [4.69, 9.17) is 17.3 Å². The number of carbonyl (C=O) groups is 2. The fraction of sp³-hybridized carbons (Fsp3) is 0.421. The average molecular weight is 447 g/mol. The van der Waals surface area contributed by atoms with Gasteiger partial charge in [0, 0.05) is 18.5 Å². The number of hydrogen-bond acceptors (Lipinski definition) is 3. The predicted molar refractivity (Wildman–Crippen MR) is 102 cm³/mol. The van der Waals surface area contributed by atoms with E-state index in [9.17, 15) is 27.2 Å². The maximum absolute atomic E-state index is 13.5. The van der Waals surface area contributed by atoms with Crippen LogP contribution < -0.4 is 5.73 Å². The van der Waals surface area contributed by atoms with Crippen LogP contribution in [0.5, 0.6) is 0 Å². The highest BCUT2D eigenvalue weighted by atomic mass is 35.5. The summed E-state index contributed by atoms with van der Waals surface area (Å²) in [5.41, 5.74) is 4.42. The minimum atomic E-state index is -2.00. The van der Waals surface area contributed by atoms with Crippen LogP contribution in [0.15, 0.2) is 18.2 Å². The number of hydrogen-bond donors (Lipinski definition) is 1. The summed E-state index contributed by atoms with van der Waals surface area (Å²) in [6.07, 6.45) is -0.642. The minimum Gasteiger partial charge on any atom is -0.365 e. The number of halogens is 5. The molecule has 1 aliphatic rings. The lowest BCUT2D eigenvalue weighted by molar-refractivity contribution is -0.136. The molecule has 1 aromatic carbocycles. The fourth-order valence-electron chi connectivity index (χ4n) is 3.32. The van der Waals surface area contributed by atoms with E-state index in [2.05, 4.69) is 5.10 Å². The molecule has 3 rings (SSSR count). The first-order valence-corrected chi connectivity index (χ1v) is 9.43. The average Bonchev–Trinajstić information content (AvgIpc) is 3.13. The Labute approximate surface area is 174 Å². The molecule has 0 fully saturated rings. The van der Waals surface area contributed by atoms with Crippen LogP contribution in [0, 0.1) is 11.2 Å². The highest BCUT2D eigenvalue weighted by Gasteiger charge is 2.37. The highest BCUT2D eigenvalue weighted by molar-refractivity contribution is 6.31. The molecule has 0 saturated carbocycles. The maximum atomic E-state index is 13.5. The number of amides is 2. The summed E-state index contributed by atoms with van der Waals surface area (Å²) in [6, 6.07) is 3.82. The van der Waals surface area contributed by atoms with E-state index in [0.29, 0.717) is 11.3 Å². The molecular formula is C19H19ClF4N4O2. The van der Waals surface area contributed by atoms with Crippen molar-refractivity contribution in [1.82, 2.24) is 14.7 Å². The molecule has 2 N–H and O–H groups in total. The van der Waals surface area contributed by atoms with Gasteiger partial charge in [0.15, 0.2) is 0 Å². The lowest BCUT2D eigenvalue weighted by atomic mass is 9.88. The summed E-state index contributed by atoms with van der Waals surface area (Å²) in [5, 5.41) is 4.19. The number of fused-ring (bicyclic) bond motifs is 1. The summed E-state index contributed by atoms with van der Waals surface area (Å²) in [7, 11) is 0. The van der Waals surface area contributed by atoms with Crippen molar-refractivity contribution in [2.45, 2.75) is 19.5 Å². The number of nitrogens with zero attached hydrogens (tertiary/aromatic N) is 3. The Hall–Kier alpha value is -2.62. The first kappa shape index (κ1) is 22.1. The van der Waals surface area contributed by atoms with Gasteiger partial charge in [0.25, 0.3) is 5.91 Å². The van der Waals surface area contributed by atoms with E-state index >= 15 is 0 Å². The molecule has 30 heavy (non-hydrogen) atoms. The largest absolute Gasteiger partial charge is 0.365 e. The molecule has 0 bridgehead atoms. The molecule has 0 aliphatic carbocycles. The van der Waals surface area contributed by atoms with Crippen molar-refractivity contribution in [3.63, 3.8) is 0 Å². The predicted octanol–water partition coefficient (Wildman–Crippen LogP) is 3.07. The first-order chi connectivity index (χ1) is 14.2. The van der Waals surface area contributed by atoms with E-state index < -0.39 is 49.5 Å². The number of rotatable bonds is 7. The highest BCUT2D eigenvalue weighted by Crippen LogP contribution is 2.32. The Bertz CT molecular complexity index is 969. The molecule has 11 heteroatoms. The number of alkyl halides is 3. The van der Waals surface area contributed by atoms with Gasteiger partial charge >= 0.3 is 0 Å². The Morgan fingerprint density at radius 1 is 1.17 bits per heavy atom. The van der Waals surface area contributed by atoms with Gasteiger partial charge < -0.3 is 10.6 Å². The van der Waals surface area contributed by atoms with Gasteiger partial charge in [0.1, 0.15) is 31.5 Å². The molecule has 0 saturated heterocycles. The van der Waals surface area contributed by atoms with Crippen molar-refractivity contribution in [1.29, 1.82) is 0 Å². The second kappa shape index (κ2) is 8.63. The zero-order chi connectivity index (χ0) is 22.1. The van der Waals surface area contributed by atoms with Crippen LogP contribution in [0.25, 0.3) is 11.3 Å². The summed E-state index contributed by atoms with van der Waals surface area (Å²) >= 11 is 5.82. The van der Waals surface area contributed by atoms with Gasteiger partial charge in [0.2, 0.25) is 5.91 Å². The normalized spacial score (nSPS) is 14.0. The lowest BCUT2D eigenvalue weighted by Crippen LogP contribution is -2.43. The Kier molecular flexibility index (Phi) is 6.35. The van der Waals surface area contributed by atoms with Gasteiger partial charge in [-0.2, -0.15) is 5.10 Å². The third-order valence-electron chi connectivity index (χ3n) is 5.15. The maximum Gasteiger partial charge on any atom is 0.252 e. The van der Waals surface area contributed by atoms with Gasteiger partial charge in [-0.25, -0.2) is 4.39 Å². The SMILES string of the molecule is NC(=O)c1c(-c2ccc(F)c(Cl)c2)nn2c1CN(C(=O)CC(CF)(CF)CF)CC2. The molecule has 162 valence electrons. The number of nitrogens with two attached hydrogens (primary N) is 1. The van der Waals surface area contributed by atoms with Crippen molar-refractivity contribution >= 4 is 23.4 Å². The Morgan fingerprint density at radius 2 is 1.83 bits per heavy atom. The molecular weight excluding hydrogens is 428 g/mol. The molecule has 6 nitrogen and oxygen atoms in total. The zero-order valence-electron chi connectivity index (χ0n) is 15.8. The third kappa shape index (κ3) is 4.00. The molecule has 0 unspecified atom stereocenters. The second-order valence-corrected chi connectivity index (χ2v) is 7.69. The van der Waals surface area contributed by atoms with Crippen LogP contribution in [0.1, 0.15) is 22.5 Å². The molecule has 2 amide bonds. The first-order valence-electron chi connectivity index (χ1n) is 9.06. The molecule has 1 aliphatic heterocycles. The number of benzene rings is 1. The van der Waals surface area contributed by atoms with Crippen molar-refractivity contribution < 1.29 is 27.2 Å². The van der Waals surface area contributed by atoms with E-state index in [1.165, 1.54) is 21.7 Å². The van der Waals surface area contributed by atoms with Gasteiger partial charge in [-0.05, 0) is 18.2 Å². The number of aromatic nitrogens is 2. The molecule has 0 spiro atoms. The van der Waals surface area contributed by atoms with Crippen LogP contribution >= 0.6 is 11.6 Å². The van der Waals surface area contributed by atoms with Gasteiger partial charge in [-0.15, -0.1) is 0 Å². The van der Waals surface area contributed by atoms with E-state index in [0.717, 1.165) is 6.07 Å². The second-order valence-electron chi connectivity index (χ2n) is 7.28. The molecule has 0 radical (unpaired) electrons. The summed E-state index contributed by atoms with van der Waals surface area (Å²) in [5.74, 6) is -2.09. The van der Waals surface area contributed by atoms with Crippen LogP contribution in [-0.2, 0) is 17.9 Å². The van der Waals surface area contributed by atoms with Crippen LogP contribution in [0.2, 0.25) is 5.02 Å². The standard InChI is InChI=1S/C19H19ClF4N4O2/c20-12-5-11(1-2-13(12)24)17-16(18(25)30)14-7-27(3-4-28(14)26-17)15(29)6-19(8-21,9-22)10-23/h1-2,5H,3-4,6-10H2,(H2,25,30). The molecule has 2 heterocycles. The van der Waals surface area contributed by atoms with Crippen molar-refractivity contribution in [3.05, 3.63) is 40.3 Å².